The molecule has 1 aromatic heterocycles. The lowest BCUT2D eigenvalue weighted by molar-refractivity contribution is 0.308. The number of hydrogen-bond donors (Lipinski definition) is 1. The van der Waals surface area contributed by atoms with Gasteiger partial charge >= 0.3 is 0 Å². The zero-order valence-corrected chi connectivity index (χ0v) is 11.0. The zero-order valence-electron chi connectivity index (χ0n) is 11.0. The van der Waals surface area contributed by atoms with Gasteiger partial charge in [-0.2, -0.15) is 0 Å². The summed E-state index contributed by atoms with van der Waals surface area (Å²) in [4.78, 5) is 7.15. The minimum atomic E-state index is 0.0538. The molecule has 0 amide bonds. The van der Waals surface area contributed by atoms with Gasteiger partial charge in [0.1, 0.15) is 0 Å². The predicted molar refractivity (Wildman–Crippen MR) is 74.4 cm³/mol. The van der Waals surface area contributed by atoms with Crippen molar-refractivity contribution in [1.29, 1.82) is 0 Å². The monoisotopic (exact) mass is 241 g/mol. The molecule has 0 saturated carbocycles. The SMILES string of the molecule is CC(N)c1c2c(nc3ccccc13)CCN(C)C2. The topological polar surface area (TPSA) is 42.1 Å². The van der Waals surface area contributed by atoms with E-state index in [-0.39, 0.29) is 6.04 Å². The van der Waals surface area contributed by atoms with E-state index in [1.165, 1.54) is 22.2 Å². The first-order chi connectivity index (χ1) is 8.66. The number of fused-ring (bicyclic) bond motifs is 2. The van der Waals surface area contributed by atoms with E-state index in [1.807, 2.05) is 6.07 Å². The summed E-state index contributed by atoms with van der Waals surface area (Å²) in [6.07, 6.45) is 1.02. The van der Waals surface area contributed by atoms with Crippen molar-refractivity contribution in [2.45, 2.75) is 25.9 Å². The Hall–Kier alpha value is -1.45. The van der Waals surface area contributed by atoms with E-state index in [2.05, 4.69) is 37.1 Å². The first kappa shape index (κ1) is 11.6. The minimum absolute atomic E-state index is 0.0538. The van der Waals surface area contributed by atoms with Gasteiger partial charge in [0.05, 0.1) is 5.52 Å². The van der Waals surface area contributed by atoms with Crippen LogP contribution < -0.4 is 5.73 Å². The Morgan fingerprint density at radius 1 is 1.33 bits per heavy atom. The van der Waals surface area contributed by atoms with E-state index in [9.17, 15) is 0 Å². The maximum absolute atomic E-state index is 6.20. The Kier molecular flexibility index (Phi) is 2.80. The molecule has 0 spiro atoms. The summed E-state index contributed by atoms with van der Waals surface area (Å²) < 4.78 is 0. The van der Waals surface area contributed by atoms with Crippen molar-refractivity contribution in [2.75, 3.05) is 13.6 Å². The molecule has 18 heavy (non-hydrogen) atoms. The van der Waals surface area contributed by atoms with Crippen LogP contribution >= 0.6 is 0 Å². The fraction of sp³-hybridized carbons (Fsp3) is 0.400. The average Bonchev–Trinajstić information content (AvgIpc) is 2.35. The quantitative estimate of drug-likeness (QED) is 0.832. The number of nitrogens with zero attached hydrogens (tertiary/aromatic N) is 2. The van der Waals surface area contributed by atoms with Crippen LogP contribution in [0.5, 0.6) is 0 Å². The Bertz CT molecular complexity index is 590. The standard InChI is InChI=1S/C15H19N3/c1-10(16)15-11-5-3-4-6-13(11)17-14-7-8-18(2)9-12(14)15/h3-6,10H,7-9,16H2,1-2H3. The molecule has 2 N–H and O–H groups in total. The van der Waals surface area contributed by atoms with Crippen LogP contribution in [0, 0.1) is 0 Å². The summed E-state index contributed by atoms with van der Waals surface area (Å²) in [7, 11) is 2.16. The van der Waals surface area contributed by atoms with Crippen LogP contribution in [0.15, 0.2) is 24.3 Å². The summed E-state index contributed by atoms with van der Waals surface area (Å²) in [5, 5.41) is 1.21. The third-order valence-electron chi connectivity index (χ3n) is 3.74. The smallest absolute Gasteiger partial charge is 0.0708 e. The first-order valence-electron chi connectivity index (χ1n) is 6.51. The third kappa shape index (κ3) is 1.80. The van der Waals surface area contributed by atoms with Gasteiger partial charge in [0.2, 0.25) is 0 Å². The van der Waals surface area contributed by atoms with Crippen LogP contribution in [0.2, 0.25) is 0 Å². The van der Waals surface area contributed by atoms with Crippen LogP contribution in [0.4, 0.5) is 0 Å². The van der Waals surface area contributed by atoms with E-state index in [0.717, 1.165) is 25.0 Å². The van der Waals surface area contributed by atoms with Crippen LogP contribution in [-0.4, -0.2) is 23.5 Å². The summed E-state index contributed by atoms with van der Waals surface area (Å²) in [5.74, 6) is 0. The van der Waals surface area contributed by atoms with E-state index < -0.39 is 0 Å². The molecule has 1 aliphatic heterocycles. The van der Waals surface area contributed by atoms with Gasteiger partial charge in [-0.3, -0.25) is 4.98 Å². The number of likely N-dealkylation sites (N-methyl/N-ethyl adjacent to an activating group) is 1. The van der Waals surface area contributed by atoms with Crippen molar-refractivity contribution >= 4 is 10.9 Å². The molecule has 1 atom stereocenters. The first-order valence-corrected chi connectivity index (χ1v) is 6.51. The lowest BCUT2D eigenvalue weighted by Crippen LogP contribution is -2.29. The van der Waals surface area contributed by atoms with Crippen LogP contribution in [0.1, 0.15) is 29.8 Å². The number of pyridine rings is 1. The van der Waals surface area contributed by atoms with Gasteiger partial charge in [-0.25, -0.2) is 0 Å². The second-order valence-electron chi connectivity index (χ2n) is 5.24. The van der Waals surface area contributed by atoms with Crippen molar-refractivity contribution in [1.82, 2.24) is 9.88 Å². The molecule has 1 aliphatic rings. The fourth-order valence-corrected chi connectivity index (χ4v) is 2.88. The highest BCUT2D eigenvalue weighted by Crippen LogP contribution is 2.30. The van der Waals surface area contributed by atoms with Gasteiger partial charge < -0.3 is 10.6 Å². The molecular weight excluding hydrogens is 222 g/mol. The largest absolute Gasteiger partial charge is 0.324 e. The highest BCUT2D eigenvalue weighted by Gasteiger charge is 2.21. The maximum atomic E-state index is 6.20. The summed E-state index contributed by atoms with van der Waals surface area (Å²) >= 11 is 0. The van der Waals surface area contributed by atoms with Gasteiger partial charge in [-0.15, -0.1) is 0 Å². The lowest BCUT2D eigenvalue weighted by Gasteiger charge is -2.28. The Morgan fingerprint density at radius 2 is 2.11 bits per heavy atom. The summed E-state index contributed by atoms with van der Waals surface area (Å²) in [5.41, 5.74) is 11.1. The summed E-state index contributed by atoms with van der Waals surface area (Å²) in [6.45, 7) is 4.11. The van der Waals surface area contributed by atoms with Crippen LogP contribution in [0.3, 0.4) is 0 Å². The Morgan fingerprint density at radius 3 is 2.89 bits per heavy atom. The molecule has 1 aromatic carbocycles. The van der Waals surface area contributed by atoms with Gasteiger partial charge in [-0.05, 0) is 31.2 Å². The number of rotatable bonds is 1. The molecule has 3 rings (SSSR count). The number of aromatic nitrogens is 1. The molecule has 2 heterocycles. The lowest BCUT2D eigenvalue weighted by atomic mass is 9.92. The van der Waals surface area contributed by atoms with E-state index in [1.54, 1.807) is 0 Å². The van der Waals surface area contributed by atoms with Crippen molar-refractivity contribution in [3.63, 3.8) is 0 Å². The van der Waals surface area contributed by atoms with Gasteiger partial charge in [0, 0.05) is 36.6 Å². The highest BCUT2D eigenvalue weighted by atomic mass is 15.1. The maximum Gasteiger partial charge on any atom is 0.0708 e. The van der Waals surface area contributed by atoms with E-state index >= 15 is 0 Å². The normalized spacial score (nSPS) is 17.7. The van der Waals surface area contributed by atoms with E-state index in [4.69, 9.17) is 10.7 Å². The van der Waals surface area contributed by atoms with Gasteiger partial charge in [0.25, 0.3) is 0 Å². The van der Waals surface area contributed by atoms with Gasteiger partial charge in [-0.1, -0.05) is 18.2 Å². The van der Waals surface area contributed by atoms with Gasteiger partial charge in [0.15, 0.2) is 0 Å². The molecule has 94 valence electrons. The molecule has 0 radical (unpaired) electrons. The number of hydrogen-bond acceptors (Lipinski definition) is 3. The molecule has 0 bridgehead atoms. The van der Waals surface area contributed by atoms with Crippen molar-refractivity contribution < 1.29 is 0 Å². The molecule has 3 heteroatoms. The Balaban J connectivity index is 2.32. The van der Waals surface area contributed by atoms with Crippen LogP contribution in [0.25, 0.3) is 10.9 Å². The third-order valence-corrected chi connectivity index (χ3v) is 3.74. The molecule has 1 unspecified atom stereocenters. The highest BCUT2D eigenvalue weighted by molar-refractivity contribution is 5.84. The molecule has 0 aliphatic carbocycles. The zero-order chi connectivity index (χ0) is 12.7. The number of benzene rings is 1. The van der Waals surface area contributed by atoms with E-state index in [0.29, 0.717) is 0 Å². The Labute approximate surface area is 108 Å². The fourth-order valence-electron chi connectivity index (χ4n) is 2.88. The second kappa shape index (κ2) is 4.34. The number of nitrogens with two attached hydrogens (primary N) is 1. The molecule has 0 fully saturated rings. The van der Waals surface area contributed by atoms with Crippen molar-refractivity contribution in [3.05, 3.63) is 41.1 Å². The molecule has 3 nitrogen and oxygen atoms in total. The molecular formula is C15H19N3. The summed E-state index contributed by atoms with van der Waals surface area (Å²) in [6, 6.07) is 8.38. The van der Waals surface area contributed by atoms with Crippen LogP contribution in [-0.2, 0) is 13.0 Å². The molecule has 0 saturated heterocycles. The number of para-hydroxylation sites is 1. The average molecular weight is 241 g/mol. The van der Waals surface area contributed by atoms with Crippen molar-refractivity contribution in [2.24, 2.45) is 5.73 Å². The minimum Gasteiger partial charge on any atom is -0.324 e. The van der Waals surface area contributed by atoms with Crippen molar-refractivity contribution in [3.8, 4) is 0 Å². The predicted octanol–water partition coefficient (Wildman–Crippen LogP) is 2.24. The molecule has 2 aromatic rings. The second-order valence-corrected chi connectivity index (χ2v) is 5.24.